The minimum absolute atomic E-state index is 0.0142. The van der Waals surface area contributed by atoms with Crippen LogP contribution in [0.4, 0.5) is 5.00 Å². The van der Waals surface area contributed by atoms with E-state index in [0.29, 0.717) is 15.1 Å². The Hall–Kier alpha value is -1.52. The molecule has 10 heteroatoms. The molecule has 3 rings (SSSR count). The number of aryl methyl sites for hydroxylation is 1. The zero-order valence-electron chi connectivity index (χ0n) is 9.95. The van der Waals surface area contributed by atoms with E-state index < -0.39 is 4.92 Å². The van der Waals surface area contributed by atoms with Gasteiger partial charge in [-0.15, -0.1) is 0 Å². The van der Waals surface area contributed by atoms with Gasteiger partial charge in [0, 0.05) is 4.47 Å². The highest BCUT2D eigenvalue weighted by Gasteiger charge is 2.14. The summed E-state index contributed by atoms with van der Waals surface area (Å²) in [5.41, 5.74) is 2.26. The fourth-order valence-electron chi connectivity index (χ4n) is 1.50. The average molecular weight is 372 g/mol. The quantitative estimate of drug-likeness (QED) is 0.558. The van der Waals surface area contributed by atoms with Crippen molar-refractivity contribution in [2.75, 3.05) is 0 Å². The van der Waals surface area contributed by atoms with Gasteiger partial charge in [0.15, 0.2) is 15.1 Å². The van der Waals surface area contributed by atoms with Crippen molar-refractivity contribution in [2.45, 2.75) is 16.4 Å². The van der Waals surface area contributed by atoms with E-state index in [0.717, 1.165) is 27.0 Å². The van der Waals surface area contributed by atoms with Crippen LogP contribution in [0.2, 0.25) is 0 Å². The Morgan fingerprint density at radius 3 is 3.00 bits per heavy atom. The van der Waals surface area contributed by atoms with Gasteiger partial charge < -0.3 is 4.98 Å². The summed E-state index contributed by atoms with van der Waals surface area (Å²) in [6.07, 6.45) is 1.24. The summed E-state index contributed by atoms with van der Waals surface area (Å²) in [5.74, 6) is 0. The number of imidazole rings is 1. The molecule has 0 amide bonds. The first kappa shape index (κ1) is 13.5. The molecule has 0 radical (unpaired) electrons. The van der Waals surface area contributed by atoms with Crippen LogP contribution in [0.5, 0.6) is 0 Å². The van der Waals surface area contributed by atoms with Crippen LogP contribution in [-0.2, 0) is 0 Å². The molecule has 3 aromatic rings. The average Bonchev–Trinajstić information content (AvgIpc) is 2.97. The fraction of sp³-hybridized carbons (Fsp3) is 0.100. The van der Waals surface area contributed by atoms with Crippen LogP contribution >= 0.6 is 39.0 Å². The van der Waals surface area contributed by atoms with Gasteiger partial charge in [-0.25, -0.2) is 15.0 Å². The first-order valence-corrected chi connectivity index (χ1v) is 7.76. The van der Waals surface area contributed by atoms with Crippen molar-refractivity contribution in [3.8, 4) is 0 Å². The molecule has 0 aliphatic rings. The van der Waals surface area contributed by atoms with Crippen molar-refractivity contribution >= 4 is 55.2 Å². The Labute approximate surface area is 129 Å². The maximum absolute atomic E-state index is 10.6. The molecule has 0 atom stereocenters. The monoisotopic (exact) mass is 371 g/mol. The number of H-pyrrole nitrogens is 1. The lowest BCUT2D eigenvalue weighted by atomic mass is 10.3. The number of aromatic nitrogens is 4. The molecule has 3 heterocycles. The Balaban J connectivity index is 1.92. The summed E-state index contributed by atoms with van der Waals surface area (Å²) in [6, 6.07) is 1.90. The van der Waals surface area contributed by atoms with E-state index in [1.54, 1.807) is 0 Å². The molecule has 102 valence electrons. The highest BCUT2D eigenvalue weighted by atomic mass is 79.9. The molecule has 0 saturated carbocycles. The van der Waals surface area contributed by atoms with E-state index in [4.69, 9.17) is 0 Å². The third kappa shape index (κ3) is 2.53. The molecular weight excluding hydrogens is 366 g/mol. The van der Waals surface area contributed by atoms with Gasteiger partial charge in [-0.05, 0) is 52.0 Å². The zero-order valence-corrected chi connectivity index (χ0v) is 13.2. The molecule has 0 spiro atoms. The van der Waals surface area contributed by atoms with Crippen LogP contribution in [0, 0.1) is 17.0 Å². The number of hydrogen-bond donors (Lipinski definition) is 1. The van der Waals surface area contributed by atoms with Gasteiger partial charge in [0.05, 0.1) is 16.1 Å². The van der Waals surface area contributed by atoms with Crippen LogP contribution in [0.15, 0.2) is 26.2 Å². The van der Waals surface area contributed by atoms with Crippen LogP contribution in [0.25, 0.3) is 11.2 Å². The Kier molecular flexibility index (Phi) is 3.44. The fourth-order valence-corrected chi connectivity index (χ4v) is 3.50. The van der Waals surface area contributed by atoms with Gasteiger partial charge in [-0.3, -0.25) is 10.1 Å². The molecule has 1 N–H and O–H groups in total. The van der Waals surface area contributed by atoms with E-state index in [9.17, 15) is 10.1 Å². The van der Waals surface area contributed by atoms with Gasteiger partial charge in [0.25, 0.3) is 0 Å². The number of hydrogen-bond acceptors (Lipinski definition) is 7. The topological polar surface area (TPSA) is 97.6 Å². The third-order valence-electron chi connectivity index (χ3n) is 2.42. The molecule has 20 heavy (non-hydrogen) atoms. The number of rotatable bonds is 3. The standard InChI is InChI=1S/C10H6BrN5O2S2/c1-4-5(11)2-6-8(13-4)15-9(14-6)20-10-12-3-7(19-10)16(17)18/h2-3H,1H3,(H,13,14,15). The van der Waals surface area contributed by atoms with Crippen LogP contribution < -0.4 is 0 Å². The Morgan fingerprint density at radius 1 is 1.50 bits per heavy atom. The SMILES string of the molecule is Cc1nc2nc(Sc3ncc([N+](=O)[O-])s3)[nH]c2cc1Br. The lowest BCUT2D eigenvalue weighted by Gasteiger charge is -1.94. The molecule has 0 aliphatic carbocycles. The predicted molar refractivity (Wildman–Crippen MR) is 79.2 cm³/mol. The summed E-state index contributed by atoms with van der Waals surface area (Å²) in [5, 5.41) is 11.2. The molecule has 0 aliphatic heterocycles. The summed E-state index contributed by atoms with van der Waals surface area (Å²) in [7, 11) is 0. The van der Waals surface area contributed by atoms with Crippen molar-refractivity contribution in [1.29, 1.82) is 0 Å². The zero-order chi connectivity index (χ0) is 14.3. The molecule has 0 unspecified atom stereocenters. The number of nitrogens with one attached hydrogen (secondary N) is 1. The van der Waals surface area contributed by atoms with Crippen LogP contribution in [0.1, 0.15) is 5.69 Å². The molecule has 0 saturated heterocycles. The molecule has 7 nitrogen and oxygen atoms in total. The second-order valence-corrected chi connectivity index (χ2v) is 6.89. The van der Waals surface area contributed by atoms with Crippen molar-refractivity contribution < 1.29 is 4.92 Å². The largest absolute Gasteiger partial charge is 0.344 e. The smallest absolute Gasteiger partial charge is 0.331 e. The van der Waals surface area contributed by atoms with Crippen molar-refractivity contribution in [2.24, 2.45) is 0 Å². The summed E-state index contributed by atoms with van der Waals surface area (Å²) >= 11 is 5.67. The maximum atomic E-state index is 10.6. The number of fused-ring (bicyclic) bond motifs is 1. The number of aromatic amines is 1. The molecular formula is C10H6BrN5O2S2. The second-order valence-electron chi connectivity index (χ2n) is 3.79. The van der Waals surface area contributed by atoms with E-state index in [2.05, 4.69) is 35.9 Å². The van der Waals surface area contributed by atoms with Gasteiger partial charge in [0.2, 0.25) is 0 Å². The normalized spacial score (nSPS) is 11.1. The number of halogens is 1. The first-order chi connectivity index (χ1) is 9.52. The van der Waals surface area contributed by atoms with Gasteiger partial charge >= 0.3 is 5.00 Å². The number of thiazole rings is 1. The van der Waals surface area contributed by atoms with Crippen molar-refractivity contribution in [3.63, 3.8) is 0 Å². The summed E-state index contributed by atoms with van der Waals surface area (Å²) in [6.45, 7) is 1.88. The summed E-state index contributed by atoms with van der Waals surface area (Å²) < 4.78 is 1.46. The van der Waals surface area contributed by atoms with Gasteiger partial charge in [0.1, 0.15) is 6.20 Å². The van der Waals surface area contributed by atoms with Gasteiger partial charge in [-0.2, -0.15) is 0 Å². The van der Waals surface area contributed by atoms with Crippen molar-refractivity contribution in [1.82, 2.24) is 19.9 Å². The Bertz CT molecular complexity index is 776. The lowest BCUT2D eigenvalue weighted by Crippen LogP contribution is -1.83. The minimum Gasteiger partial charge on any atom is -0.331 e. The number of pyridine rings is 1. The minimum atomic E-state index is -0.456. The lowest BCUT2D eigenvalue weighted by molar-refractivity contribution is -0.380. The first-order valence-electron chi connectivity index (χ1n) is 5.34. The highest BCUT2D eigenvalue weighted by molar-refractivity contribution is 9.10. The predicted octanol–water partition coefficient (Wildman–Crippen LogP) is 3.54. The number of nitro groups is 1. The van der Waals surface area contributed by atoms with Crippen molar-refractivity contribution in [3.05, 3.63) is 32.5 Å². The van der Waals surface area contributed by atoms with E-state index in [1.165, 1.54) is 18.0 Å². The summed E-state index contributed by atoms with van der Waals surface area (Å²) in [4.78, 5) is 25.9. The van der Waals surface area contributed by atoms with Gasteiger partial charge in [-0.1, -0.05) is 0 Å². The van der Waals surface area contributed by atoms with E-state index in [1.807, 2.05) is 13.0 Å². The van der Waals surface area contributed by atoms with Crippen LogP contribution in [0.3, 0.4) is 0 Å². The second kappa shape index (κ2) is 5.11. The molecule has 0 bridgehead atoms. The van der Waals surface area contributed by atoms with E-state index >= 15 is 0 Å². The van der Waals surface area contributed by atoms with E-state index in [-0.39, 0.29) is 5.00 Å². The molecule has 0 fully saturated rings. The Morgan fingerprint density at radius 2 is 2.30 bits per heavy atom. The molecule has 0 aromatic carbocycles. The number of nitrogens with zero attached hydrogens (tertiary/aromatic N) is 4. The molecule has 3 aromatic heterocycles. The third-order valence-corrected chi connectivity index (χ3v) is 5.13. The highest BCUT2D eigenvalue weighted by Crippen LogP contribution is 2.33. The maximum Gasteiger partial charge on any atom is 0.344 e. The van der Waals surface area contributed by atoms with Crippen LogP contribution in [-0.4, -0.2) is 24.9 Å².